The second-order valence-electron chi connectivity index (χ2n) is 7.25. The predicted molar refractivity (Wildman–Crippen MR) is 116 cm³/mol. The monoisotopic (exact) mass is 423 g/mol. The highest BCUT2D eigenvalue weighted by Gasteiger charge is 2.36. The van der Waals surface area contributed by atoms with Crippen LogP contribution < -0.4 is 0 Å². The molecule has 1 aliphatic rings. The first-order valence-corrected chi connectivity index (χ1v) is 11.7. The lowest BCUT2D eigenvalue weighted by Crippen LogP contribution is -2.29. The zero-order valence-electron chi connectivity index (χ0n) is 16.4. The van der Waals surface area contributed by atoms with Gasteiger partial charge in [-0.25, -0.2) is 0 Å². The molecule has 0 amide bonds. The van der Waals surface area contributed by atoms with E-state index in [1.165, 1.54) is 41.9 Å². The maximum Gasteiger partial charge on any atom is 0.394 e. The largest absolute Gasteiger partial charge is 0.394 e. The average molecular weight is 424 g/mol. The van der Waals surface area contributed by atoms with Crippen molar-refractivity contribution in [3.63, 3.8) is 0 Å². The summed E-state index contributed by atoms with van der Waals surface area (Å²) >= 11 is 2.04. The molecule has 1 unspecified atom stereocenters. The smallest absolute Gasteiger partial charge is 0.309 e. The SMILES string of the molecule is CN(C)CCCC1(c2ccccc2)CCCSc2ccccc21.O=S(=O)(O)O. The third-order valence-corrected chi connectivity index (χ3v) is 6.10. The van der Waals surface area contributed by atoms with Crippen LogP contribution in [0.3, 0.4) is 0 Å². The molecule has 0 bridgehead atoms. The van der Waals surface area contributed by atoms with E-state index in [1.54, 1.807) is 5.56 Å². The van der Waals surface area contributed by atoms with Crippen molar-refractivity contribution in [2.75, 3.05) is 26.4 Å². The summed E-state index contributed by atoms with van der Waals surface area (Å²) in [4.78, 5) is 3.79. The number of benzene rings is 2. The Bertz CT molecular complexity index is 832. The van der Waals surface area contributed by atoms with Crippen LogP contribution in [-0.4, -0.2) is 48.8 Å². The van der Waals surface area contributed by atoms with E-state index in [4.69, 9.17) is 17.5 Å². The molecule has 2 N–H and O–H groups in total. The van der Waals surface area contributed by atoms with Crippen molar-refractivity contribution >= 4 is 22.2 Å². The molecule has 1 atom stereocenters. The Morgan fingerprint density at radius 2 is 1.64 bits per heavy atom. The Labute approximate surface area is 172 Å². The second-order valence-corrected chi connectivity index (χ2v) is 9.28. The van der Waals surface area contributed by atoms with Crippen LogP contribution in [0.1, 0.15) is 36.8 Å². The Kier molecular flexibility index (Phi) is 8.52. The minimum Gasteiger partial charge on any atom is -0.309 e. The fourth-order valence-electron chi connectivity index (χ4n) is 3.84. The third-order valence-electron chi connectivity index (χ3n) is 4.94. The van der Waals surface area contributed by atoms with E-state index in [9.17, 15) is 0 Å². The fraction of sp³-hybridized carbons (Fsp3) is 0.429. The molecule has 0 saturated heterocycles. The molecule has 0 aromatic heterocycles. The molecule has 7 heteroatoms. The van der Waals surface area contributed by atoms with Crippen LogP contribution in [0.5, 0.6) is 0 Å². The van der Waals surface area contributed by atoms with E-state index in [0.29, 0.717) is 0 Å². The Balaban J connectivity index is 0.000000500. The van der Waals surface area contributed by atoms with E-state index in [-0.39, 0.29) is 5.41 Å². The quantitative estimate of drug-likeness (QED) is 0.687. The van der Waals surface area contributed by atoms with Gasteiger partial charge in [-0.05, 0) is 69.3 Å². The van der Waals surface area contributed by atoms with Crippen LogP contribution >= 0.6 is 11.8 Å². The van der Waals surface area contributed by atoms with Gasteiger partial charge in [-0.15, -0.1) is 11.8 Å². The fourth-order valence-corrected chi connectivity index (χ4v) is 4.94. The zero-order chi connectivity index (χ0) is 20.6. The van der Waals surface area contributed by atoms with E-state index in [2.05, 4.69) is 73.6 Å². The summed E-state index contributed by atoms with van der Waals surface area (Å²) in [5, 5.41) is 0. The van der Waals surface area contributed by atoms with Gasteiger partial charge in [0.1, 0.15) is 0 Å². The number of hydrogen-bond donors (Lipinski definition) is 2. The highest BCUT2D eigenvalue weighted by atomic mass is 32.3. The van der Waals surface area contributed by atoms with Crippen molar-refractivity contribution in [1.82, 2.24) is 4.90 Å². The molecule has 0 aliphatic carbocycles. The molecular weight excluding hydrogens is 394 g/mol. The van der Waals surface area contributed by atoms with Crippen LogP contribution in [0.2, 0.25) is 0 Å². The van der Waals surface area contributed by atoms with E-state index < -0.39 is 10.4 Å². The first-order chi connectivity index (χ1) is 13.2. The number of fused-ring (bicyclic) bond motifs is 1. The first kappa shape index (κ1) is 22.9. The molecule has 0 spiro atoms. The average Bonchev–Trinajstić information content (AvgIpc) is 2.81. The van der Waals surface area contributed by atoms with Gasteiger partial charge in [0.25, 0.3) is 0 Å². The molecule has 0 radical (unpaired) electrons. The number of hydrogen-bond acceptors (Lipinski definition) is 4. The predicted octanol–water partition coefficient (Wildman–Crippen LogP) is 4.55. The van der Waals surface area contributed by atoms with Gasteiger partial charge in [0, 0.05) is 10.3 Å². The van der Waals surface area contributed by atoms with Crippen molar-refractivity contribution < 1.29 is 17.5 Å². The van der Waals surface area contributed by atoms with Gasteiger partial charge in [-0.3, -0.25) is 9.11 Å². The number of thioether (sulfide) groups is 1. The Hall–Kier alpha value is -1.38. The summed E-state index contributed by atoms with van der Waals surface area (Å²) in [7, 11) is -0.321. The molecule has 154 valence electrons. The molecule has 1 aliphatic heterocycles. The maximum absolute atomic E-state index is 8.74. The highest BCUT2D eigenvalue weighted by molar-refractivity contribution is 7.99. The zero-order valence-corrected chi connectivity index (χ0v) is 18.0. The number of nitrogens with zero attached hydrogens (tertiary/aromatic N) is 1. The van der Waals surface area contributed by atoms with Crippen molar-refractivity contribution in [1.29, 1.82) is 0 Å². The minimum atomic E-state index is -4.67. The van der Waals surface area contributed by atoms with Gasteiger partial charge in [-0.2, -0.15) is 8.42 Å². The van der Waals surface area contributed by atoms with Gasteiger partial charge in [0.15, 0.2) is 0 Å². The van der Waals surface area contributed by atoms with Crippen LogP contribution in [0, 0.1) is 0 Å². The summed E-state index contributed by atoms with van der Waals surface area (Å²) in [5.74, 6) is 1.24. The van der Waals surface area contributed by atoms with E-state index in [0.717, 1.165) is 6.54 Å². The van der Waals surface area contributed by atoms with Gasteiger partial charge in [-0.1, -0.05) is 48.5 Å². The maximum atomic E-state index is 8.74. The standard InChI is InChI=1S/C21H27NS.H2O4S/c1-22(2)16-8-14-21(18-10-4-3-5-11-18)15-9-17-23-20-13-7-6-12-19(20)21;1-5(2,3)4/h3-7,10-13H,8-9,14-17H2,1-2H3;(H2,1,2,3,4). The first-order valence-electron chi connectivity index (χ1n) is 9.35. The van der Waals surface area contributed by atoms with E-state index >= 15 is 0 Å². The van der Waals surface area contributed by atoms with Crippen LogP contribution in [0.25, 0.3) is 0 Å². The topological polar surface area (TPSA) is 77.8 Å². The molecular formula is C21H29NO4S2. The van der Waals surface area contributed by atoms with Crippen LogP contribution in [0.15, 0.2) is 59.5 Å². The lowest BCUT2D eigenvalue weighted by Gasteiger charge is -2.36. The van der Waals surface area contributed by atoms with Crippen molar-refractivity contribution in [2.24, 2.45) is 0 Å². The Morgan fingerprint density at radius 1 is 1.04 bits per heavy atom. The van der Waals surface area contributed by atoms with Crippen molar-refractivity contribution in [3.8, 4) is 0 Å². The Morgan fingerprint density at radius 3 is 2.29 bits per heavy atom. The minimum absolute atomic E-state index is 0.178. The van der Waals surface area contributed by atoms with Crippen molar-refractivity contribution in [3.05, 3.63) is 65.7 Å². The van der Waals surface area contributed by atoms with Crippen LogP contribution in [-0.2, 0) is 15.8 Å². The van der Waals surface area contributed by atoms with E-state index in [1.807, 2.05) is 11.8 Å². The summed E-state index contributed by atoms with van der Waals surface area (Å²) < 4.78 is 31.6. The van der Waals surface area contributed by atoms with Gasteiger partial charge < -0.3 is 4.90 Å². The molecule has 2 aromatic carbocycles. The third kappa shape index (κ3) is 6.90. The van der Waals surface area contributed by atoms with Gasteiger partial charge in [0.2, 0.25) is 0 Å². The lowest BCUT2D eigenvalue weighted by molar-refractivity contribution is 0.348. The molecule has 0 saturated carbocycles. The van der Waals surface area contributed by atoms with Gasteiger partial charge >= 0.3 is 10.4 Å². The summed E-state index contributed by atoms with van der Waals surface area (Å²) in [6, 6.07) is 20.3. The highest BCUT2D eigenvalue weighted by Crippen LogP contribution is 2.47. The lowest BCUT2D eigenvalue weighted by atomic mass is 9.68. The summed E-state index contributed by atoms with van der Waals surface area (Å²) in [5.41, 5.74) is 3.22. The van der Waals surface area contributed by atoms with Crippen LogP contribution in [0.4, 0.5) is 0 Å². The molecule has 5 nitrogen and oxygen atoms in total. The molecule has 3 rings (SSSR count). The number of rotatable bonds is 5. The summed E-state index contributed by atoms with van der Waals surface area (Å²) in [6.07, 6.45) is 5.01. The molecule has 0 fully saturated rings. The van der Waals surface area contributed by atoms with Gasteiger partial charge in [0.05, 0.1) is 0 Å². The summed E-state index contributed by atoms with van der Waals surface area (Å²) in [6.45, 7) is 1.16. The second kappa shape index (κ2) is 10.4. The molecule has 28 heavy (non-hydrogen) atoms. The molecule has 2 aromatic rings. The molecule has 1 heterocycles. The normalized spacial score (nSPS) is 19.3. The van der Waals surface area contributed by atoms with Crippen molar-refractivity contribution in [2.45, 2.75) is 36.0 Å².